The van der Waals surface area contributed by atoms with Crippen molar-refractivity contribution in [3.05, 3.63) is 84.4 Å². The monoisotopic (exact) mass is 581 g/mol. The summed E-state index contributed by atoms with van der Waals surface area (Å²) < 4.78 is 39.8. The zero-order chi connectivity index (χ0) is 30.0. The van der Waals surface area contributed by atoms with Gasteiger partial charge in [0.1, 0.15) is 24.1 Å². The third kappa shape index (κ3) is 7.79. The van der Waals surface area contributed by atoms with Gasteiger partial charge < -0.3 is 19.7 Å². The van der Waals surface area contributed by atoms with E-state index in [9.17, 15) is 18.0 Å². The van der Waals surface area contributed by atoms with E-state index < -0.39 is 28.5 Å². The molecule has 3 rings (SSSR count). The second-order valence-electron chi connectivity index (χ2n) is 9.61. The number of hydrogen-bond acceptors (Lipinski definition) is 6. The van der Waals surface area contributed by atoms with Crippen LogP contribution in [0, 0.1) is 0 Å². The highest BCUT2D eigenvalue weighted by atomic mass is 32.2. The summed E-state index contributed by atoms with van der Waals surface area (Å²) in [5.41, 5.74) is 1.02. The maximum atomic E-state index is 14.1. The molecule has 9 nitrogen and oxygen atoms in total. The number of carbonyl (C=O) groups is 2. The summed E-state index contributed by atoms with van der Waals surface area (Å²) in [7, 11) is -1.31. The van der Waals surface area contributed by atoms with Crippen molar-refractivity contribution in [2.75, 3.05) is 25.1 Å². The number of nitrogens with one attached hydrogen (secondary N) is 1. The molecule has 2 unspecified atom stereocenters. The van der Waals surface area contributed by atoms with Crippen molar-refractivity contribution in [3.8, 4) is 11.5 Å². The molecule has 0 radical (unpaired) electrons. The van der Waals surface area contributed by atoms with Crippen molar-refractivity contribution in [1.82, 2.24) is 10.2 Å². The molecule has 0 aromatic heterocycles. The molecule has 0 saturated heterocycles. The van der Waals surface area contributed by atoms with Crippen LogP contribution in [0.1, 0.15) is 39.2 Å². The van der Waals surface area contributed by atoms with Gasteiger partial charge in [-0.25, -0.2) is 8.42 Å². The number of para-hydroxylation sites is 2. The van der Waals surface area contributed by atoms with Crippen LogP contribution in [0.2, 0.25) is 0 Å². The van der Waals surface area contributed by atoms with E-state index >= 15 is 0 Å². The van der Waals surface area contributed by atoms with Gasteiger partial charge in [0.05, 0.1) is 24.8 Å². The summed E-state index contributed by atoms with van der Waals surface area (Å²) in [5, 5.41) is 2.98. The topological polar surface area (TPSA) is 105 Å². The fraction of sp³-hybridized carbons (Fsp3) is 0.355. The molecule has 0 bridgehead atoms. The second kappa shape index (κ2) is 14.5. The molecule has 0 spiro atoms. The summed E-state index contributed by atoms with van der Waals surface area (Å²) in [5.74, 6) is -0.0273. The Morgan fingerprint density at radius 2 is 1.49 bits per heavy atom. The van der Waals surface area contributed by atoms with Crippen LogP contribution in [0.25, 0.3) is 0 Å². The molecule has 41 heavy (non-hydrogen) atoms. The van der Waals surface area contributed by atoms with Crippen LogP contribution in [0.5, 0.6) is 11.5 Å². The van der Waals surface area contributed by atoms with E-state index in [1.807, 2.05) is 51.1 Å². The molecule has 3 aromatic rings. The number of nitrogens with zero attached hydrogens (tertiary/aromatic N) is 2. The molecule has 0 heterocycles. The number of methoxy groups -OCH3 is 2. The van der Waals surface area contributed by atoms with Gasteiger partial charge in [0, 0.05) is 12.6 Å². The number of ether oxygens (including phenoxy) is 2. The SMILES string of the molecule is CCC(C)NC(=O)C(CC)N(Cc1ccccc1)C(=O)CN(c1ccccc1OC)S(=O)(=O)c1ccc(OC)cc1. The van der Waals surface area contributed by atoms with Crippen LogP contribution in [0.4, 0.5) is 5.69 Å². The number of anilines is 1. The summed E-state index contributed by atoms with van der Waals surface area (Å²) in [6.45, 7) is 5.29. The Balaban J connectivity index is 2.08. The minimum atomic E-state index is -4.24. The molecular weight excluding hydrogens is 542 g/mol. The fourth-order valence-electron chi connectivity index (χ4n) is 4.36. The minimum Gasteiger partial charge on any atom is -0.497 e. The van der Waals surface area contributed by atoms with E-state index in [1.54, 1.807) is 36.4 Å². The first-order valence-electron chi connectivity index (χ1n) is 13.6. The van der Waals surface area contributed by atoms with Crippen molar-refractivity contribution >= 4 is 27.5 Å². The number of carbonyl (C=O) groups excluding carboxylic acids is 2. The van der Waals surface area contributed by atoms with Gasteiger partial charge in [-0.1, -0.05) is 56.3 Å². The van der Waals surface area contributed by atoms with Gasteiger partial charge >= 0.3 is 0 Å². The lowest BCUT2D eigenvalue weighted by Crippen LogP contribution is -2.53. The van der Waals surface area contributed by atoms with Gasteiger partial charge in [-0.3, -0.25) is 13.9 Å². The fourth-order valence-corrected chi connectivity index (χ4v) is 5.79. The molecule has 0 fully saturated rings. The average Bonchev–Trinajstić information content (AvgIpc) is 2.99. The van der Waals surface area contributed by atoms with Crippen molar-refractivity contribution in [1.29, 1.82) is 0 Å². The number of benzene rings is 3. The number of hydrogen-bond donors (Lipinski definition) is 1. The molecule has 0 aliphatic heterocycles. The quantitative estimate of drug-likeness (QED) is 0.298. The van der Waals surface area contributed by atoms with Crippen molar-refractivity contribution in [2.45, 2.75) is 57.1 Å². The molecule has 2 amide bonds. The van der Waals surface area contributed by atoms with Crippen LogP contribution < -0.4 is 19.1 Å². The molecule has 2 atom stereocenters. The van der Waals surface area contributed by atoms with Crippen LogP contribution in [-0.2, 0) is 26.2 Å². The molecule has 220 valence electrons. The maximum absolute atomic E-state index is 14.1. The normalized spacial score (nSPS) is 12.6. The smallest absolute Gasteiger partial charge is 0.264 e. The lowest BCUT2D eigenvalue weighted by atomic mass is 10.1. The van der Waals surface area contributed by atoms with Crippen LogP contribution in [-0.4, -0.2) is 58.0 Å². The highest BCUT2D eigenvalue weighted by Crippen LogP contribution is 2.33. The van der Waals surface area contributed by atoms with Crippen LogP contribution in [0.15, 0.2) is 83.8 Å². The average molecular weight is 582 g/mol. The lowest BCUT2D eigenvalue weighted by Gasteiger charge is -2.34. The zero-order valence-electron chi connectivity index (χ0n) is 24.2. The van der Waals surface area contributed by atoms with Gasteiger partial charge in [0.15, 0.2) is 0 Å². The molecular formula is C31H39N3O6S. The Hall–Kier alpha value is -4.05. The maximum Gasteiger partial charge on any atom is 0.264 e. The van der Waals surface area contributed by atoms with Gasteiger partial charge in [0.2, 0.25) is 11.8 Å². The summed E-state index contributed by atoms with van der Waals surface area (Å²) >= 11 is 0. The van der Waals surface area contributed by atoms with Crippen molar-refractivity contribution in [3.63, 3.8) is 0 Å². The first-order chi connectivity index (χ1) is 19.7. The van der Waals surface area contributed by atoms with Crippen molar-refractivity contribution in [2.24, 2.45) is 0 Å². The van der Waals surface area contributed by atoms with E-state index in [0.29, 0.717) is 12.2 Å². The van der Waals surface area contributed by atoms with Crippen LogP contribution >= 0.6 is 0 Å². The highest BCUT2D eigenvalue weighted by Gasteiger charge is 2.35. The predicted octanol–water partition coefficient (Wildman–Crippen LogP) is 4.62. The van der Waals surface area contributed by atoms with E-state index in [-0.39, 0.29) is 34.8 Å². The number of amides is 2. The van der Waals surface area contributed by atoms with E-state index in [2.05, 4.69) is 5.32 Å². The Bertz CT molecular complexity index is 1400. The Morgan fingerprint density at radius 1 is 0.854 bits per heavy atom. The summed E-state index contributed by atoms with van der Waals surface area (Å²) in [6.07, 6.45) is 1.08. The van der Waals surface area contributed by atoms with Gasteiger partial charge in [-0.15, -0.1) is 0 Å². The minimum absolute atomic E-state index is 0.0202. The molecule has 1 N–H and O–H groups in total. The first kappa shape index (κ1) is 31.5. The van der Waals surface area contributed by atoms with Gasteiger partial charge in [-0.2, -0.15) is 0 Å². The standard InChI is InChI=1S/C31H39N3O6S/c1-6-23(3)32-31(36)27(7-2)33(21-24-13-9-8-10-14-24)30(35)22-34(28-15-11-12-16-29(28)40-5)41(37,38)26-19-17-25(39-4)18-20-26/h8-20,23,27H,6-7,21-22H2,1-5H3,(H,32,36). The molecule has 0 aliphatic carbocycles. The number of rotatable bonds is 14. The molecule has 3 aromatic carbocycles. The highest BCUT2D eigenvalue weighted by molar-refractivity contribution is 7.92. The van der Waals surface area contributed by atoms with Crippen LogP contribution in [0.3, 0.4) is 0 Å². The third-order valence-electron chi connectivity index (χ3n) is 6.86. The van der Waals surface area contributed by atoms with Gasteiger partial charge in [0.25, 0.3) is 10.0 Å². The molecule has 0 saturated carbocycles. The Morgan fingerprint density at radius 3 is 2.07 bits per heavy atom. The Kier molecular flexibility index (Phi) is 11.2. The van der Waals surface area contributed by atoms with E-state index in [1.165, 1.54) is 31.3 Å². The number of sulfonamides is 1. The van der Waals surface area contributed by atoms with Crippen molar-refractivity contribution < 1.29 is 27.5 Å². The predicted molar refractivity (Wildman–Crippen MR) is 159 cm³/mol. The second-order valence-corrected chi connectivity index (χ2v) is 11.5. The third-order valence-corrected chi connectivity index (χ3v) is 8.64. The van der Waals surface area contributed by atoms with E-state index in [4.69, 9.17) is 9.47 Å². The largest absolute Gasteiger partial charge is 0.497 e. The zero-order valence-corrected chi connectivity index (χ0v) is 25.1. The Labute approximate surface area is 243 Å². The summed E-state index contributed by atoms with van der Waals surface area (Å²) in [4.78, 5) is 28.9. The molecule has 0 aliphatic rings. The van der Waals surface area contributed by atoms with E-state index in [0.717, 1.165) is 16.3 Å². The first-order valence-corrected chi connectivity index (χ1v) is 15.0. The molecule has 10 heteroatoms. The summed E-state index contributed by atoms with van der Waals surface area (Å²) in [6, 6.07) is 21.0. The lowest BCUT2D eigenvalue weighted by molar-refractivity contribution is -0.140. The van der Waals surface area contributed by atoms with Gasteiger partial charge in [-0.05, 0) is 61.7 Å².